The van der Waals surface area contributed by atoms with Gasteiger partial charge >= 0.3 is 6.18 Å². The molecular formula is C15H11ClF5N3O. The summed E-state index contributed by atoms with van der Waals surface area (Å²) in [4.78, 5) is 15.3. The summed E-state index contributed by atoms with van der Waals surface area (Å²) < 4.78 is 63.7. The zero-order valence-corrected chi connectivity index (χ0v) is 13.2. The normalized spacial score (nSPS) is 11.3. The maximum Gasteiger partial charge on any atom is 0.417 e. The van der Waals surface area contributed by atoms with Crippen LogP contribution in [0.5, 0.6) is 0 Å². The number of pyridine rings is 1. The van der Waals surface area contributed by atoms with Crippen LogP contribution in [0.25, 0.3) is 0 Å². The van der Waals surface area contributed by atoms with Crippen LogP contribution in [0.3, 0.4) is 0 Å². The molecule has 2 rings (SSSR count). The average Bonchev–Trinajstić information content (AvgIpc) is 2.51. The van der Waals surface area contributed by atoms with E-state index in [1.54, 1.807) is 0 Å². The van der Waals surface area contributed by atoms with E-state index in [-0.39, 0.29) is 29.5 Å². The third kappa shape index (κ3) is 5.02. The van der Waals surface area contributed by atoms with Gasteiger partial charge in [0.2, 0.25) is 0 Å². The van der Waals surface area contributed by atoms with Crippen LogP contribution in [0.4, 0.5) is 27.8 Å². The number of hydrogen-bond acceptors (Lipinski definition) is 3. The number of rotatable bonds is 5. The van der Waals surface area contributed by atoms with Crippen LogP contribution in [0, 0.1) is 11.6 Å². The quantitative estimate of drug-likeness (QED) is 0.612. The van der Waals surface area contributed by atoms with Gasteiger partial charge < -0.3 is 10.6 Å². The fourth-order valence-corrected chi connectivity index (χ4v) is 2.08. The number of hydrogen-bond donors (Lipinski definition) is 2. The van der Waals surface area contributed by atoms with E-state index in [1.165, 1.54) is 0 Å². The Hall–Kier alpha value is -2.42. The molecule has 134 valence electrons. The Bertz CT molecular complexity index is 782. The predicted octanol–water partition coefficient (Wildman–Crippen LogP) is 3.87. The first-order valence-electron chi connectivity index (χ1n) is 6.88. The lowest BCUT2D eigenvalue weighted by atomic mass is 10.2. The van der Waals surface area contributed by atoms with Gasteiger partial charge in [-0.25, -0.2) is 13.8 Å². The molecule has 0 saturated heterocycles. The number of benzene rings is 1. The number of carbonyl (C=O) groups is 1. The Morgan fingerprint density at radius 3 is 2.48 bits per heavy atom. The number of amides is 1. The van der Waals surface area contributed by atoms with Crippen molar-refractivity contribution in [3.05, 3.63) is 58.2 Å². The van der Waals surface area contributed by atoms with E-state index in [0.717, 1.165) is 18.2 Å². The molecule has 2 aromatic rings. The van der Waals surface area contributed by atoms with Crippen molar-refractivity contribution in [2.24, 2.45) is 0 Å². The molecule has 0 fully saturated rings. The van der Waals surface area contributed by atoms with Crippen molar-refractivity contribution in [3.63, 3.8) is 0 Å². The van der Waals surface area contributed by atoms with Crippen molar-refractivity contribution in [1.29, 1.82) is 0 Å². The molecule has 0 aliphatic rings. The molecule has 1 aromatic carbocycles. The number of nitrogens with zero attached hydrogens (tertiary/aromatic N) is 1. The van der Waals surface area contributed by atoms with Crippen LogP contribution in [0.2, 0.25) is 5.02 Å². The molecule has 0 aliphatic heterocycles. The summed E-state index contributed by atoms with van der Waals surface area (Å²) in [5, 5.41) is 4.78. The Kier molecular flexibility index (Phi) is 5.78. The Morgan fingerprint density at radius 2 is 1.88 bits per heavy atom. The predicted molar refractivity (Wildman–Crippen MR) is 81.4 cm³/mol. The SMILES string of the molecule is O=C(NCCNc1ncc(C(F)(F)F)cc1Cl)c1ccc(F)cc1F. The smallest absolute Gasteiger partial charge is 0.367 e. The fraction of sp³-hybridized carbons (Fsp3) is 0.200. The first kappa shape index (κ1) is 18.9. The molecule has 25 heavy (non-hydrogen) atoms. The number of halogens is 6. The highest BCUT2D eigenvalue weighted by Crippen LogP contribution is 2.32. The van der Waals surface area contributed by atoms with E-state index >= 15 is 0 Å². The van der Waals surface area contributed by atoms with E-state index in [0.29, 0.717) is 12.3 Å². The lowest BCUT2D eigenvalue weighted by molar-refractivity contribution is -0.137. The second-order valence-corrected chi connectivity index (χ2v) is 5.27. The average molecular weight is 380 g/mol. The molecular weight excluding hydrogens is 369 g/mol. The number of aromatic nitrogens is 1. The molecule has 2 N–H and O–H groups in total. The summed E-state index contributed by atoms with van der Waals surface area (Å²) in [5.41, 5.74) is -1.31. The summed E-state index contributed by atoms with van der Waals surface area (Å²) in [6.07, 6.45) is -3.93. The van der Waals surface area contributed by atoms with Crippen LogP contribution in [0.1, 0.15) is 15.9 Å². The molecule has 0 radical (unpaired) electrons. The Morgan fingerprint density at radius 1 is 1.16 bits per heavy atom. The third-order valence-electron chi connectivity index (χ3n) is 3.05. The molecule has 1 amide bonds. The van der Waals surface area contributed by atoms with Crippen molar-refractivity contribution >= 4 is 23.3 Å². The van der Waals surface area contributed by atoms with Gasteiger partial charge in [-0.15, -0.1) is 0 Å². The number of alkyl halides is 3. The van der Waals surface area contributed by atoms with Gasteiger partial charge in [-0.05, 0) is 18.2 Å². The van der Waals surface area contributed by atoms with Gasteiger partial charge in [0, 0.05) is 25.4 Å². The first-order chi connectivity index (χ1) is 11.7. The fourth-order valence-electron chi connectivity index (χ4n) is 1.85. The van der Waals surface area contributed by atoms with Crippen LogP contribution in [-0.4, -0.2) is 24.0 Å². The molecule has 1 aromatic heterocycles. The van der Waals surface area contributed by atoms with Crippen LogP contribution in [0.15, 0.2) is 30.5 Å². The number of nitrogens with one attached hydrogen (secondary N) is 2. The van der Waals surface area contributed by atoms with Crippen LogP contribution < -0.4 is 10.6 Å². The second kappa shape index (κ2) is 7.64. The van der Waals surface area contributed by atoms with E-state index in [4.69, 9.17) is 11.6 Å². The highest BCUT2D eigenvalue weighted by atomic mass is 35.5. The number of anilines is 1. The lowest BCUT2D eigenvalue weighted by Gasteiger charge is -2.11. The molecule has 0 spiro atoms. The van der Waals surface area contributed by atoms with Gasteiger partial charge in [0.15, 0.2) is 0 Å². The van der Waals surface area contributed by atoms with E-state index < -0.39 is 29.3 Å². The van der Waals surface area contributed by atoms with Crippen molar-refractivity contribution < 1.29 is 26.7 Å². The minimum atomic E-state index is -4.55. The van der Waals surface area contributed by atoms with Crippen molar-refractivity contribution in [2.45, 2.75) is 6.18 Å². The van der Waals surface area contributed by atoms with Gasteiger partial charge in [0.1, 0.15) is 17.5 Å². The maximum absolute atomic E-state index is 13.4. The topological polar surface area (TPSA) is 54.0 Å². The monoisotopic (exact) mass is 379 g/mol. The molecule has 1 heterocycles. The van der Waals surface area contributed by atoms with E-state index in [1.807, 2.05) is 0 Å². The Balaban J connectivity index is 1.88. The molecule has 0 atom stereocenters. The summed E-state index contributed by atoms with van der Waals surface area (Å²) in [7, 11) is 0. The molecule has 0 saturated carbocycles. The summed E-state index contributed by atoms with van der Waals surface area (Å²) >= 11 is 5.71. The summed E-state index contributed by atoms with van der Waals surface area (Å²) in [5.74, 6) is -2.56. The maximum atomic E-state index is 13.4. The van der Waals surface area contributed by atoms with Crippen molar-refractivity contribution in [3.8, 4) is 0 Å². The zero-order valence-electron chi connectivity index (χ0n) is 12.4. The van der Waals surface area contributed by atoms with Gasteiger partial charge in [-0.2, -0.15) is 13.2 Å². The van der Waals surface area contributed by atoms with Crippen molar-refractivity contribution in [1.82, 2.24) is 10.3 Å². The van der Waals surface area contributed by atoms with Gasteiger partial charge in [0.05, 0.1) is 16.1 Å². The van der Waals surface area contributed by atoms with E-state index in [9.17, 15) is 26.7 Å². The second-order valence-electron chi connectivity index (χ2n) is 4.86. The molecule has 0 aliphatic carbocycles. The van der Waals surface area contributed by atoms with Gasteiger partial charge in [-0.3, -0.25) is 4.79 Å². The third-order valence-corrected chi connectivity index (χ3v) is 3.34. The standard InChI is InChI=1S/C15H11ClF5N3O/c16-11-5-8(15(19,20)21)7-24-13(11)22-3-4-23-14(25)10-2-1-9(17)6-12(10)18/h1-2,5-7H,3-4H2,(H,22,24)(H,23,25). The summed E-state index contributed by atoms with van der Waals surface area (Å²) in [6, 6.07) is 3.26. The molecule has 0 bridgehead atoms. The van der Waals surface area contributed by atoms with Crippen LogP contribution >= 0.6 is 11.6 Å². The number of carbonyl (C=O) groups excluding carboxylic acids is 1. The largest absolute Gasteiger partial charge is 0.417 e. The van der Waals surface area contributed by atoms with Crippen molar-refractivity contribution in [2.75, 3.05) is 18.4 Å². The minimum absolute atomic E-state index is 0.00861. The molecule has 10 heteroatoms. The van der Waals surface area contributed by atoms with Gasteiger partial charge in [0.25, 0.3) is 5.91 Å². The highest BCUT2D eigenvalue weighted by Gasteiger charge is 2.31. The van der Waals surface area contributed by atoms with Crippen LogP contribution in [-0.2, 0) is 6.18 Å². The van der Waals surface area contributed by atoms with E-state index in [2.05, 4.69) is 15.6 Å². The highest BCUT2D eigenvalue weighted by molar-refractivity contribution is 6.32. The lowest BCUT2D eigenvalue weighted by Crippen LogP contribution is -2.29. The Labute approximate surface area is 144 Å². The minimum Gasteiger partial charge on any atom is -0.367 e. The first-order valence-corrected chi connectivity index (χ1v) is 7.26. The summed E-state index contributed by atoms with van der Waals surface area (Å²) in [6.45, 7) is 0.0846. The zero-order chi connectivity index (χ0) is 18.6. The molecule has 4 nitrogen and oxygen atoms in total. The van der Waals surface area contributed by atoms with Gasteiger partial charge in [-0.1, -0.05) is 11.6 Å². The molecule has 0 unspecified atom stereocenters.